The zero-order valence-electron chi connectivity index (χ0n) is 14.5. The molecule has 0 saturated carbocycles. The summed E-state index contributed by atoms with van der Waals surface area (Å²) >= 11 is 5.30. The van der Waals surface area contributed by atoms with Crippen molar-refractivity contribution in [3.8, 4) is 5.75 Å². The molecule has 1 N–H and O–H groups in total. The molecule has 0 aliphatic carbocycles. The maximum absolute atomic E-state index is 12.2. The van der Waals surface area contributed by atoms with Gasteiger partial charge in [0.25, 0.3) is 5.17 Å². The second-order valence-electron chi connectivity index (χ2n) is 5.79. The van der Waals surface area contributed by atoms with Crippen LogP contribution in [0, 0.1) is 0 Å². The topological polar surface area (TPSA) is 67.9 Å². The van der Waals surface area contributed by atoms with Gasteiger partial charge in [0.1, 0.15) is 17.3 Å². The summed E-state index contributed by atoms with van der Waals surface area (Å²) in [5.41, 5.74) is 0.881. The van der Waals surface area contributed by atoms with E-state index in [1.165, 1.54) is 12.1 Å². The SMILES string of the molecule is Cl.O=S(=O)(Oc1ccc(COC(=S)N2CCNCC2)cc1)c1ccccc1. The summed E-state index contributed by atoms with van der Waals surface area (Å²) in [6.45, 7) is 3.79. The summed E-state index contributed by atoms with van der Waals surface area (Å²) in [5, 5.41) is 3.74. The van der Waals surface area contributed by atoms with E-state index in [4.69, 9.17) is 21.1 Å². The van der Waals surface area contributed by atoms with Crippen molar-refractivity contribution in [3.05, 3.63) is 60.2 Å². The Bertz CT molecular complexity index is 839. The molecule has 0 unspecified atom stereocenters. The molecule has 1 aliphatic heterocycles. The van der Waals surface area contributed by atoms with Crippen molar-refractivity contribution in [1.29, 1.82) is 0 Å². The van der Waals surface area contributed by atoms with Gasteiger partial charge in [-0.05, 0) is 42.0 Å². The Balaban J connectivity index is 0.00000261. The average Bonchev–Trinajstić information content (AvgIpc) is 2.68. The monoisotopic (exact) mass is 428 g/mol. The number of halogens is 1. The highest BCUT2D eigenvalue weighted by molar-refractivity contribution is 7.87. The molecular weight excluding hydrogens is 408 g/mol. The summed E-state index contributed by atoms with van der Waals surface area (Å²) in [5.74, 6) is 0.252. The highest BCUT2D eigenvalue weighted by Gasteiger charge is 2.16. The fraction of sp³-hybridized carbons (Fsp3) is 0.278. The van der Waals surface area contributed by atoms with Gasteiger partial charge in [-0.1, -0.05) is 30.3 Å². The molecule has 0 spiro atoms. The van der Waals surface area contributed by atoms with E-state index in [0.29, 0.717) is 11.8 Å². The van der Waals surface area contributed by atoms with Crippen molar-refractivity contribution in [2.45, 2.75) is 11.5 Å². The highest BCUT2D eigenvalue weighted by atomic mass is 35.5. The first-order valence-electron chi connectivity index (χ1n) is 8.25. The fourth-order valence-corrected chi connectivity index (χ4v) is 3.68. The number of hydrogen-bond donors (Lipinski definition) is 1. The lowest BCUT2D eigenvalue weighted by atomic mass is 10.2. The van der Waals surface area contributed by atoms with E-state index in [9.17, 15) is 8.42 Å². The van der Waals surface area contributed by atoms with Gasteiger partial charge in [0.05, 0.1) is 0 Å². The van der Waals surface area contributed by atoms with Gasteiger partial charge < -0.3 is 19.1 Å². The summed E-state index contributed by atoms with van der Waals surface area (Å²) < 4.78 is 35.2. The molecule has 0 radical (unpaired) electrons. The lowest BCUT2D eigenvalue weighted by Gasteiger charge is -2.28. The predicted octanol–water partition coefficient (Wildman–Crippen LogP) is 2.58. The van der Waals surface area contributed by atoms with Crippen molar-refractivity contribution in [2.75, 3.05) is 26.2 Å². The Hall–Kier alpha value is -1.87. The number of thiocarbonyl (C=S) groups is 1. The average molecular weight is 429 g/mol. The van der Waals surface area contributed by atoms with E-state index in [0.717, 1.165) is 31.7 Å². The Labute approximate surface area is 171 Å². The molecule has 146 valence electrons. The van der Waals surface area contributed by atoms with Gasteiger partial charge in [-0.2, -0.15) is 8.42 Å². The number of rotatable bonds is 5. The van der Waals surface area contributed by atoms with Gasteiger partial charge in [0.2, 0.25) is 0 Å². The number of benzene rings is 2. The second-order valence-corrected chi connectivity index (χ2v) is 7.68. The van der Waals surface area contributed by atoms with Crippen LogP contribution < -0.4 is 9.50 Å². The first-order chi connectivity index (χ1) is 12.5. The maximum Gasteiger partial charge on any atom is 0.339 e. The van der Waals surface area contributed by atoms with Crippen molar-refractivity contribution >= 4 is 39.9 Å². The van der Waals surface area contributed by atoms with Gasteiger partial charge in [0.15, 0.2) is 0 Å². The minimum absolute atomic E-state index is 0. The van der Waals surface area contributed by atoms with Crippen LogP contribution in [0.4, 0.5) is 0 Å². The Morgan fingerprint density at radius 2 is 1.67 bits per heavy atom. The van der Waals surface area contributed by atoms with Gasteiger partial charge in [0, 0.05) is 26.2 Å². The quantitative estimate of drug-likeness (QED) is 0.579. The molecular formula is C18H21ClN2O4S2. The molecule has 2 aromatic carbocycles. The molecule has 1 fully saturated rings. The van der Waals surface area contributed by atoms with Crippen molar-refractivity contribution in [3.63, 3.8) is 0 Å². The number of nitrogens with one attached hydrogen (secondary N) is 1. The number of ether oxygens (including phenoxy) is 1. The van der Waals surface area contributed by atoms with Crippen LogP contribution in [0.3, 0.4) is 0 Å². The van der Waals surface area contributed by atoms with Gasteiger partial charge >= 0.3 is 10.1 Å². The summed E-state index contributed by atoms with van der Waals surface area (Å²) in [6.07, 6.45) is 0. The summed E-state index contributed by atoms with van der Waals surface area (Å²) in [7, 11) is -3.83. The second kappa shape index (κ2) is 9.89. The lowest BCUT2D eigenvalue weighted by Crippen LogP contribution is -2.46. The molecule has 0 amide bonds. The zero-order valence-corrected chi connectivity index (χ0v) is 17.0. The Morgan fingerprint density at radius 3 is 2.30 bits per heavy atom. The third kappa shape index (κ3) is 6.07. The Morgan fingerprint density at radius 1 is 1.04 bits per heavy atom. The molecule has 6 nitrogen and oxygen atoms in total. The number of nitrogens with zero attached hydrogens (tertiary/aromatic N) is 1. The first-order valence-corrected chi connectivity index (χ1v) is 10.1. The smallest absolute Gasteiger partial charge is 0.339 e. The molecule has 1 aliphatic rings. The molecule has 27 heavy (non-hydrogen) atoms. The molecule has 2 aromatic rings. The maximum atomic E-state index is 12.2. The van der Waals surface area contributed by atoms with Crippen LogP contribution in [0.25, 0.3) is 0 Å². The van der Waals surface area contributed by atoms with Crippen LogP contribution in [-0.2, 0) is 21.5 Å². The largest absolute Gasteiger partial charge is 0.466 e. The molecule has 3 rings (SSSR count). The van der Waals surface area contributed by atoms with Crippen molar-refractivity contribution in [1.82, 2.24) is 10.2 Å². The third-order valence-corrected chi connectivity index (χ3v) is 5.54. The van der Waals surface area contributed by atoms with E-state index in [2.05, 4.69) is 5.32 Å². The van der Waals surface area contributed by atoms with Gasteiger partial charge in [-0.25, -0.2) is 0 Å². The van der Waals surface area contributed by atoms with E-state index >= 15 is 0 Å². The van der Waals surface area contributed by atoms with Crippen LogP contribution in [0.5, 0.6) is 5.75 Å². The van der Waals surface area contributed by atoms with E-state index < -0.39 is 10.1 Å². The van der Waals surface area contributed by atoms with Crippen LogP contribution in [0.2, 0.25) is 0 Å². The van der Waals surface area contributed by atoms with Gasteiger partial charge in [-0.3, -0.25) is 0 Å². The van der Waals surface area contributed by atoms with Crippen LogP contribution in [0.15, 0.2) is 59.5 Å². The van der Waals surface area contributed by atoms with Gasteiger partial charge in [-0.15, -0.1) is 12.4 Å². The predicted molar refractivity (Wildman–Crippen MR) is 110 cm³/mol. The van der Waals surface area contributed by atoms with Crippen LogP contribution in [0.1, 0.15) is 5.56 Å². The van der Waals surface area contributed by atoms with E-state index in [1.807, 2.05) is 4.90 Å². The highest BCUT2D eigenvalue weighted by Crippen LogP contribution is 2.19. The van der Waals surface area contributed by atoms with E-state index in [1.54, 1.807) is 42.5 Å². The fourth-order valence-electron chi connectivity index (χ4n) is 2.49. The zero-order chi connectivity index (χ0) is 18.4. The first kappa shape index (κ1) is 21.4. The molecule has 0 bridgehead atoms. The Kier molecular flexibility index (Phi) is 7.85. The van der Waals surface area contributed by atoms with E-state index in [-0.39, 0.29) is 23.1 Å². The number of piperazine rings is 1. The molecule has 1 saturated heterocycles. The lowest BCUT2D eigenvalue weighted by molar-refractivity contribution is 0.220. The summed E-state index contributed by atoms with van der Waals surface area (Å²) in [4.78, 5) is 2.14. The minimum Gasteiger partial charge on any atom is -0.466 e. The molecule has 0 atom stereocenters. The summed E-state index contributed by atoms with van der Waals surface area (Å²) in [6, 6.07) is 14.8. The molecule has 9 heteroatoms. The minimum atomic E-state index is -3.83. The van der Waals surface area contributed by atoms with Crippen molar-refractivity contribution < 1.29 is 17.3 Å². The normalized spacial score (nSPS) is 14.1. The van der Waals surface area contributed by atoms with Crippen molar-refractivity contribution in [2.24, 2.45) is 0 Å². The van der Waals surface area contributed by atoms with Crippen LogP contribution in [-0.4, -0.2) is 44.7 Å². The third-order valence-electron chi connectivity index (χ3n) is 3.90. The van der Waals surface area contributed by atoms with Crippen LogP contribution >= 0.6 is 24.6 Å². The molecule has 1 heterocycles. The number of hydrogen-bond acceptors (Lipinski definition) is 6. The molecule has 0 aromatic heterocycles. The standard InChI is InChI=1S/C18H20N2O4S2.ClH/c21-26(22,17-4-2-1-3-5-17)24-16-8-6-15(7-9-16)14-23-18(25)20-12-10-19-11-13-20;/h1-9,19H,10-14H2;1H.